The number of hydrogen-bond donors (Lipinski definition) is 0. The van der Waals surface area contributed by atoms with Gasteiger partial charge in [0.15, 0.2) is 0 Å². The molecule has 0 amide bonds. The summed E-state index contributed by atoms with van der Waals surface area (Å²) in [7, 11) is 0. The molecule has 0 saturated heterocycles. The Kier molecular flexibility index (Phi) is 4.38. The monoisotopic (exact) mass is 224 g/mol. The molecule has 0 bridgehead atoms. The van der Waals surface area contributed by atoms with Crippen LogP contribution in [0, 0.1) is 20.2 Å². The van der Waals surface area contributed by atoms with Crippen molar-refractivity contribution in [2.24, 2.45) is 0 Å². The van der Waals surface area contributed by atoms with Crippen LogP contribution in [0.1, 0.15) is 11.1 Å². The Bertz CT molecular complexity index is 338. The van der Waals surface area contributed by atoms with Crippen LogP contribution < -0.4 is 0 Å². The molecule has 1 rings (SSSR count). The summed E-state index contributed by atoms with van der Waals surface area (Å²) >= 11 is 0. The highest BCUT2D eigenvalue weighted by Gasteiger charge is 2.02. The fourth-order valence-corrected chi connectivity index (χ4v) is 1.31. The Balaban J connectivity index is 2.47. The third kappa shape index (κ3) is 4.50. The lowest BCUT2D eigenvalue weighted by molar-refractivity contribution is -0.479. The molecule has 0 radical (unpaired) electrons. The molecule has 0 aromatic heterocycles. The molecule has 0 spiro atoms. The molecule has 1 aromatic rings. The van der Waals surface area contributed by atoms with E-state index in [2.05, 4.69) is 0 Å². The molecule has 1 aromatic carbocycles. The second-order valence-corrected chi connectivity index (χ2v) is 3.43. The highest BCUT2D eigenvalue weighted by molar-refractivity contribution is 5.22. The van der Waals surface area contributed by atoms with Crippen LogP contribution in [0.15, 0.2) is 24.3 Å². The maximum Gasteiger partial charge on any atom is 0.207 e. The zero-order valence-corrected chi connectivity index (χ0v) is 8.67. The maximum absolute atomic E-state index is 10.1. The summed E-state index contributed by atoms with van der Waals surface area (Å²) in [6.07, 6.45) is 0.783. The molecule has 0 fully saturated rings. The van der Waals surface area contributed by atoms with Crippen molar-refractivity contribution in [1.82, 2.24) is 0 Å². The van der Waals surface area contributed by atoms with Gasteiger partial charge in [-0.3, -0.25) is 20.2 Å². The topological polar surface area (TPSA) is 86.3 Å². The van der Waals surface area contributed by atoms with E-state index >= 15 is 0 Å². The van der Waals surface area contributed by atoms with Gasteiger partial charge in [0.1, 0.15) is 0 Å². The lowest BCUT2D eigenvalue weighted by Crippen LogP contribution is -2.05. The number of rotatable bonds is 6. The predicted molar refractivity (Wildman–Crippen MR) is 57.6 cm³/mol. The molecule has 0 N–H and O–H groups in total. The Hall–Kier alpha value is -1.98. The van der Waals surface area contributed by atoms with Crippen molar-refractivity contribution in [3.05, 3.63) is 55.6 Å². The van der Waals surface area contributed by atoms with Gasteiger partial charge in [-0.25, -0.2) is 0 Å². The van der Waals surface area contributed by atoms with E-state index in [0.29, 0.717) is 12.8 Å². The van der Waals surface area contributed by atoms with Crippen molar-refractivity contribution in [3.63, 3.8) is 0 Å². The van der Waals surface area contributed by atoms with Gasteiger partial charge in [-0.15, -0.1) is 0 Å². The fourth-order valence-electron chi connectivity index (χ4n) is 1.31. The maximum atomic E-state index is 10.1. The Morgan fingerprint density at radius 2 is 1.12 bits per heavy atom. The van der Waals surface area contributed by atoms with Crippen molar-refractivity contribution < 1.29 is 9.85 Å². The lowest BCUT2D eigenvalue weighted by Gasteiger charge is -2.00. The molecule has 0 atom stereocenters. The first-order valence-electron chi connectivity index (χ1n) is 4.89. The van der Waals surface area contributed by atoms with Gasteiger partial charge in [-0.1, -0.05) is 24.3 Å². The second kappa shape index (κ2) is 5.79. The summed E-state index contributed by atoms with van der Waals surface area (Å²) in [5.74, 6) is 0. The quantitative estimate of drug-likeness (QED) is 0.538. The molecule has 0 unspecified atom stereocenters. The molecule has 0 aliphatic carbocycles. The van der Waals surface area contributed by atoms with Gasteiger partial charge in [0.2, 0.25) is 13.1 Å². The van der Waals surface area contributed by atoms with Gasteiger partial charge in [0.25, 0.3) is 0 Å². The van der Waals surface area contributed by atoms with Crippen LogP contribution >= 0.6 is 0 Å². The summed E-state index contributed by atoms with van der Waals surface area (Å²) in [4.78, 5) is 19.6. The van der Waals surface area contributed by atoms with E-state index in [1.165, 1.54) is 0 Å². The minimum Gasteiger partial charge on any atom is -0.265 e. The van der Waals surface area contributed by atoms with E-state index in [1.54, 1.807) is 24.3 Å². The van der Waals surface area contributed by atoms with Crippen molar-refractivity contribution >= 4 is 0 Å². The second-order valence-electron chi connectivity index (χ2n) is 3.43. The number of nitrogens with zero attached hydrogens (tertiary/aromatic N) is 2. The summed E-state index contributed by atoms with van der Waals surface area (Å²) in [5, 5.41) is 20.3. The molecule has 16 heavy (non-hydrogen) atoms. The van der Waals surface area contributed by atoms with Crippen LogP contribution in [0.4, 0.5) is 0 Å². The summed E-state index contributed by atoms with van der Waals surface area (Å²) < 4.78 is 0. The Morgan fingerprint density at radius 1 is 0.812 bits per heavy atom. The van der Waals surface area contributed by atoms with Crippen LogP contribution in [-0.4, -0.2) is 22.9 Å². The van der Waals surface area contributed by atoms with Crippen molar-refractivity contribution in [2.75, 3.05) is 13.1 Å². The summed E-state index contributed by atoms with van der Waals surface area (Å²) in [6.45, 7) is -0.178. The van der Waals surface area contributed by atoms with Crippen LogP contribution in [0.3, 0.4) is 0 Å². The smallest absolute Gasteiger partial charge is 0.207 e. The molecular weight excluding hydrogens is 212 g/mol. The van der Waals surface area contributed by atoms with E-state index in [9.17, 15) is 20.2 Å². The van der Waals surface area contributed by atoms with Crippen LogP contribution in [0.2, 0.25) is 0 Å². The first-order chi connectivity index (χ1) is 7.58. The molecule has 0 saturated carbocycles. The van der Waals surface area contributed by atoms with Crippen molar-refractivity contribution in [1.29, 1.82) is 0 Å². The van der Waals surface area contributed by atoms with E-state index < -0.39 is 0 Å². The van der Waals surface area contributed by atoms with E-state index in [1.807, 2.05) is 0 Å². The normalized spacial score (nSPS) is 10.0. The zero-order chi connectivity index (χ0) is 12.0. The third-order valence-electron chi connectivity index (χ3n) is 2.19. The molecule has 0 aliphatic rings. The van der Waals surface area contributed by atoms with Gasteiger partial charge in [0.05, 0.1) is 0 Å². The van der Waals surface area contributed by atoms with E-state index in [4.69, 9.17) is 0 Å². The first kappa shape index (κ1) is 12.1. The standard InChI is InChI=1S/C10H12N2O4/c13-11(14)7-5-9-1-2-10(4-3-9)6-8-12(15)16/h1-4H,5-8H2. The molecule has 0 heterocycles. The van der Waals surface area contributed by atoms with Crippen LogP contribution in [0.25, 0.3) is 0 Å². The highest BCUT2D eigenvalue weighted by atomic mass is 16.6. The number of benzene rings is 1. The van der Waals surface area contributed by atoms with Crippen molar-refractivity contribution in [2.45, 2.75) is 12.8 Å². The molecular formula is C10H12N2O4. The average Bonchev–Trinajstić information content (AvgIpc) is 2.25. The SMILES string of the molecule is O=[N+]([O-])CCc1ccc(CC[N+](=O)[O-])cc1. The number of hydrogen-bond acceptors (Lipinski definition) is 4. The van der Waals surface area contributed by atoms with Crippen molar-refractivity contribution in [3.8, 4) is 0 Å². The minimum absolute atomic E-state index is 0.0890. The molecule has 6 nitrogen and oxygen atoms in total. The van der Waals surface area contributed by atoms with Crippen LogP contribution in [0.5, 0.6) is 0 Å². The third-order valence-corrected chi connectivity index (χ3v) is 2.19. The van der Waals surface area contributed by atoms with Crippen LogP contribution in [-0.2, 0) is 12.8 Å². The van der Waals surface area contributed by atoms with Gasteiger partial charge in [0, 0.05) is 22.7 Å². The average molecular weight is 224 g/mol. The van der Waals surface area contributed by atoms with Gasteiger partial charge in [-0.2, -0.15) is 0 Å². The molecule has 0 aliphatic heterocycles. The largest absolute Gasteiger partial charge is 0.265 e. The zero-order valence-electron chi connectivity index (χ0n) is 8.67. The van der Waals surface area contributed by atoms with Gasteiger partial charge >= 0.3 is 0 Å². The summed E-state index contributed by atoms with van der Waals surface area (Å²) in [6, 6.07) is 7.11. The molecule has 6 heteroatoms. The van der Waals surface area contributed by atoms with Gasteiger partial charge in [-0.05, 0) is 11.1 Å². The minimum atomic E-state index is -0.360. The highest BCUT2D eigenvalue weighted by Crippen LogP contribution is 2.06. The van der Waals surface area contributed by atoms with Gasteiger partial charge < -0.3 is 0 Å². The van der Waals surface area contributed by atoms with E-state index in [0.717, 1.165) is 11.1 Å². The lowest BCUT2D eigenvalue weighted by atomic mass is 10.1. The number of nitro groups is 2. The van der Waals surface area contributed by atoms with E-state index in [-0.39, 0.29) is 22.9 Å². The Morgan fingerprint density at radius 3 is 1.38 bits per heavy atom. The predicted octanol–water partition coefficient (Wildman–Crippen LogP) is 1.32. The fraction of sp³-hybridized carbons (Fsp3) is 0.400. The first-order valence-corrected chi connectivity index (χ1v) is 4.89. The summed E-state index contributed by atoms with van der Waals surface area (Å²) in [5.41, 5.74) is 1.75. The molecule has 86 valence electrons. The Labute approximate surface area is 92.2 Å².